The Kier molecular flexibility index (Phi) is 5.22. The number of nitrogens with one attached hydrogen (secondary N) is 2. The maximum absolute atomic E-state index is 12.8. The minimum Gasteiger partial charge on any atom is -0.479 e. The molecular formula is C20H18N4O4S. The lowest BCUT2D eigenvalue weighted by Gasteiger charge is -2.23. The molecule has 0 aliphatic carbocycles. The number of ether oxygens (including phenoxy) is 1. The van der Waals surface area contributed by atoms with Gasteiger partial charge in [-0.05, 0) is 44.2 Å². The first-order valence-corrected chi connectivity index (χ1v) is 9.92. The summed E-state index contributed by atoms with van der Waals surface area (Å²) >= 11 is 1.44. The van der Waals surface area contributed by atoms with Crippen molar-refractivity contribution in [3.05, 3.63) is 59.7 Å². The van der Waals surface area contributed by atoms with Gasteiger partial charge in [0.2, 0.25) is 5.89 Å². The molecule has 1 atom stereocenters. The topological polar surface area (TPSA) is 106 Å². The molecular weight excluding hydrogens is 392 g/mol. The number of thioether (sulfide) groups is 1. The molecule has 9 heteroatoms. The summed E-state index contributed by atoms with van der Waals surface area (Å²) in [6.45, 7) is 3.43. The third-order valence-electron chi connectivity index (χ3n) is 4.22. The lowest BCUT2D eigenvalue weighted by molar-refractivity contribution is -0.122. The zero-order valence-corrected chi connectivity index (χ0v) is 16.6. The number of aromatic nitrogens is 2. The highest BCUT2D eigenvalue weighted by Crippen LogP contribution is 2.33. The molecule has 2 heterocycles. The Bertz CT molecular complexity index is 1080. The van der Waals surface area contributed by atoms with Crippen LogP contribution in [0.2, 0.25) is 0 Å². The molecule has 148 valence electrons. The van der Waals surface area contributed by atoms with Gasteiger partial charge in [-0.1, -0.05) is 17.3 Å². The molecule has 1 aromatic heterocycles. The zero-order chi connectivity index (χ0) is 20.4. The molecule has 0 saturated heterocycles. The van der Waals surface area contributed by atoms with E-state index in [-0.39, 0.29) is 11.8 Å². The number of amides is 2. The Morgan fingerprint density at radius 1 is 1.28 bits per heavy atom. The summed E-state index contributed by atoms with van der Waals surface area (Å²) < 4.78 is 10.7. The summed E-state index contributed by atoms with van der Waals surface area (Å²) in [5.41, 5.74) is 1.61. The van der Waals surface area contributed by atoms with E-state index in [2.05, 4.69) is 20.8 Å². The molecule has 0 bridgehead atoms. The predicted octanol–water partition coefficient (Wildman–Crippen LogP) is 3.64. The maximum atomic E-state index is 12.8. The Hall–Kier alpha value is -3.33. The van der Waals surface area contributed by atoms with Crippen LogP contribution >= 0.6 is 11.8 Å². The van der Waals surface area contributed by atoms with Crippen molar-refractivity contribution in [1.82, 2.24) is 10.1 Å². The fourth-order valence-corrected chi connectivity index (χ4v) is 3.69. The van der Waals surface area contributed by atoms with Crippen LogP contribution in [0.4, 0.5) is 11.4 Å². The van der Waals surface area contributed by atoms with Crippen molar-refractivity contribution in [2.75, 3.05) is 10.6 Å². The van der Waals surface area contributed by atoms with Crippen LogP contribution in [0.1, 0.15) is 29.0 Å². The van der Waals surface area contributed by atoms with Gasteiger partial charge in [-0.2, -0.15) is 4.98 Å². The highest BCUT2D eigenvalue weighted by Gasteiger charge is 2.24. The molecule has 2 N–H and O–H groups in total. The quantitative estimate of drug-likeness (QED) is 0.619. The molecule has 4 rings (SSSR count). The number of rotatable bonds is 5. The normalized spacial score (nSPS) is 15.2. The van der Waals surface area contributed by atoms with Crippen molar-refractivity contribution >= 4 is 35.0 Å². The van der Waals surface area contributed by atoms with Crippen LogP contribution < -0.4 is 15.4 Å². The van der Waals surface area contributed by atoms with Gasteiger partial charge in [0.25, 0.3) is 11.8 Å². The van der Waals surface area contributed by atoms with Gasteiger partial charge in [-0.3, -0.25) is 9.59 Å². The number of aryl methyl sites for hydroxylation is 1. The first-order valence-electron chi connectivity index (χ1n) is 8.93. The van der Waals surface area contributed by atoms with E-state index < -0.39 is 6.10 Å². The molecule has 0 saturated carbocycles. The van der Waals surface area contributed by atoms with E-state index in [9.17, 15) is 9.59 Å². The molecule has 2 amide bonds. The molecule has 0 radical (unpaired) electrons. The van der Waals surface area contributed by atoms with E-state index >= 15 is 0 Å². The summed E-state index contributed by atoms with van der Waals surface area (Å²) in [7, 11) is 0. The largest absolute Gasteiger partial charge is 0.479 e. The second kappa shape index (κ2) is 7.96. The standard InChI is InChI=1S/C20H18N4O4S/c1-11-19(25)23-15-9-13(7-8-16(15)27-11)22-20(26)14-5-3-4-6-17(14)29-10-18-21-12(2)24-28-18/h3-9,11H,10H2,1-2H3,(H,22,26)(H,23,25). The number of carbonyl (C=O) groups excluding carboxylic acids is 2. The van der Waals surface area contributed by atoms with E-state index in [1.165, 1.54) is 11.8 Å². The number of anilines is 2. The second-order valence-corrected chi connectivity index (χ2v) is 7.45. The van der Waals surface area contributed by atoms with E-state index in [1.54, 1.807) is 44.2 Å². The number of nitrogens with zero attached hydrogens (tertiary/aromatic N) is 2. The predicted molar refractivity (Wildman–Crippen MR) is 108 cm³/mol. The van der Waals surface area contributed by atoms with Crippen molar-refractivity contribution in [1.29, 1.82) is 0 Å². The third kappa shape index (κ3) is 4.24. The summed E-state index contributed by atoms with van der Waals surface area (Å²) in [5, 5.41) is 9.41. The van der Waals surface area contributed by atoms with Crippen LogP contribution in [0, 0.1) is 6.92 Å². The van der Waals surface area contributed by atoms with Crippen molar-refractivity contribution < 1.29 is 18.8 Å². The SMILES string of the molecule is Cc1noc(CSc2ccccc2C(=O)Nc2ccc3c(c2)NC(=O)C(C)O3)n1. The minimum absolute atomic E-state index is 0.223. The highest BCUT2D eigenvalue weighted by atomic mass is 32.2. The van der Waals surface area contributed by atoms with E-state index in [0.717, 1.165) is 4.90 Å². The summed E-state index contributed by atoms with van der Waals surface area (Å²) in [6.07, 6.45) is -0.547. The average molecular weight is 410 g/mol. The molecule has 0 fully saturated rings. The van der Waals surface area contributed by atoms with E-state index in [1.807, 2.05) is 12.1 Å². The van der Waals surface area contributed by atoms with Crippen LogP contribution in [-0.2, 0) is 10.5 Å². The minimum atomic E-state index is -0.547. The molecule has 1 unspecified atom stereocenters. The summed E-state index contributed by atoms with van der Waals surface area (Å²) in [4.78, 5) is 29.6. The number of hydrogen-bond acceptors (Lipinski definition) is 7. The van der Waals surface area contributed by atoms with Gasteiger partial charge >= 0.3 is 0 Å². The monoisotopic (exact) mass is 410 g/mol. The molecule has 3 aromatic rings. The van der Waals surface area contributed by atoms with Gasteiger partial charge < -0.3 is 19.9 Å². The molecule has 8 nitrogen and oxygen atoms in total. The highest BCUT2D eigenvalue weighted by molar-refractivity contribution is 7.98. The number of hydrogen-bond donors (Lipinski definition) is 2. The molecule has 2 aromatic carbocycles. The van der Waals surface area contributed by atoms with Crippen molar-refractivity contribution in [3.8, 4) is 5.75 Å². The van der Waals surface area contributed by atoms with Crippen molar-refractivity contribution in [3.63, 3.8) is 0 Å². The molecule has 0 spiro atoms. The zero-order valence-electron chi connectivity index (χ0n) is 15.8. The first-order chi connectivity index (χ1) is 14.0. The molecule has 29 heavy (non-hydrogen) atoms. The number of fused-ring (bicyclic) bond motifs is 1. The van der Waals surface area contributed by atoms with Crippen LogP contribution in [0.25, 0.3) is 0 Å². The Labute approximate surface area is 171 Å². The first kappa shape index (κ1) is 19.0. The number of benzene rings is 2. The van der Waals surface area contributed by atoms with Crippen LogP contribution in [0.5, 0.6) is 5.75 Å². The Balaban J connectivity index is 1.49. The lowest BCUT2D eigenvalue weighted by atomic mass is 10.2. The molecule has 1 aliphatic rings. The van der Waals surface area contributed by atoms with E-state index in [4.69, 9.17) is 9.26 Å². The van der Waals surface area contributed by atoms with Crippen LogP contribution in [0.3, 0.4) is 0 Å². The van der Waals surface area contributed by atoms with Crippen molar-refractivity contribution in [2.24, 2.45) is 0 Å². The fraction of sp³-hybridized carbons (Fsp3) is 0.200. The van der Waals surface area contributed by atoms with Crippen molar-refractivity contribution in [2.45, 2.75) is 30.6 Å². The fourth-order valence-electron chi connectivity index (χ4n) is 2.80. The Morgan fingerprint density at radius 2 is 2.10 bits per heavy atom. The lowest BCUT2D eigenvalue weighted by Crippen LogP contribution is -2.34. The average Bonchev–Trinajstić information content (AvgIpc) is 3.13. The van der Waals surface area contributed by atoms with Gasteiger partial charge in [-0.25, -0.2) is 0 Å². The van der Waals surface area contributed by atoms with Gasteiger partial charge in [0.1, 0.15) is 5.75 Å². The van der Waals surface area contributed by atoms with Gasteiger partial charge in [0.15, 0.2) is 11.9 Å². The van der Waals surface area contributed by atoms with Gasteiger partial charge in [-0.15, -0.1) is 11.8 Å². The molecule has 1 aliphatic heterocycles. The van der Waals surface area contributed by atoms with Crippen LogP contribution in [0.15, 0.2) is 51.9 Å². The van der Waals surface area contributed by atoms with Gasteiger partial charge in [0.05, 0.1) is 17.0 Å². The summed E-state index contributed by atoms with van der Waals surface area (Å²) in [5.74, 6) is 1.63. The smallest absolute Gasteiger partial charge is 0.265 e. The second-order valence-electron chi connectivity index (χ2n) is 6.43. The maximum Gasteiger partial charge on any atom is 0.265 e. The van der Waals surface area contributed by atoms with Crippen LogP contribution in [-0.4, -0.2) is 28.1 Å². The number of carbonyl (C=O) groups is 2. The Morgan fingerprint density at radius 3 is 2.90 bits per heavy atom. The summed E-state index contributed by atoms with van der Waals surface area (Å²) in [6, 6.07) is 12.4. The third-order valence-corrected chi connectivity index (χ3v) is 5.28. The van der Waals surface area contributed by atoms with E-state index in [0.29, 0.717) is 40.2 Å². The van der Waals surface area contributed by atoms with Gasteiger partial charge in [0, 0.05) is 10.6 Å².